The normalized spacial score (nSPS) is 12.9. The minimum Gasteiger partial charge on any atom is -0.493 e. The van der Waals surface area contributed by atoms with Gasteiger partial charge in [0, 0.05) is 17.5 Å². The Morgan fingerprint density at radius 3 is 3.00 bits per heavy atom. The highest BCUT2D eigenvalue weighted by Crippen LogP contribution is 2.45. The summed E-state index contributed by atoms with van der Waals surface area (Å²) in [5.74, 6) is 0.142. The first-order valence-electron chi connectivity index (χ1n) is 5.93. The second kappa shape index (κ2) is 4.72. The third kappa shape index (κ3) is 1.89. The predicted octanol–water partition coefficient (Wildman–Crippen LogP) is 2.37. The van der Waals surface area contributed by atoms with Gasteiger partial charge in [0.05, 0.1) is 24.4 Å². The molecule has 1 aliphatic rings. The minimum atomic E-state index is -1.07. The van der Waals surface area contributed by atoms with E-state index in [-0.39, 0.29) is 5.69 Å². The van der Waals surface area contributed by atoms with Crippen LogP contribution in [0.25, 0.3) is 11.3 Å². The Bertz CT molecular complexity index is 696. The lowest BCUT2D eigenvalue weighted by molar-refractivity contribution is 0.0690. The Labute approximate surface area is 119 Å². The largest absolute Gasteiger partial charge is 0.493 e. The maximum atomic E-state index is 10.9. The lowest BCUT2D eigenvalue weighted by atomic mass is 10.0. The van der Waals surface area contributed by atoms with E-state index in [1.165, 1.54) is 6.07 Å². The van der Waals surface area contributed by atoms with Crippen molar-refractivity contribution >= 4 is 17.6 Å². The fourth-order valence-electron chi connectivity index (χ4n) is 2.21. The molecule has 1 aliphatic heterocycles. The van der Waals surface area contributed by atoms with Gasteiger partial charge in [-0.3, -0.25) is 5.10 Å². The van der Waals surface area contributed by atoms with E-state index in [1.807, 2.05) is 0 Å². The molecular weight excluding hydrogens is 284 g/mol. The van der Waals surface area contributed by atoms with Crippen molar-refractivity contribution in [2.24, 2.45) is 0 Å². The second-order valence-electron chi connectivity index (χ2n) is 4.32. The van der Waals surface area contributed by atoms with Crippen molar-refractivity contribution < 1.29 is 19.4 Å². The first-order chi connectivity index (χ1) is 9.61. The molecule has 0 aliphatic carbocycles. The maximum absolute atomic E-state index is 10.9. The van der Waals surface area contributed by atoms with E-state index in [9.17, 15) is 4.79 Å². The number of nitrogens with one attached hydrogen (secondary N) is 1. The molecule has 7 heteroatoms. The standard InChI is InChI=1S/C13H11ClN2O4/c1-19-10-4-7(8-5-9(13(17)18)16-15-8)11(14)6-2-3-20-12(6)10/h4-5H,2-3H2,1H3,(H,15,16)(H,17,18). The molecule has 0 atom stereocenters. The van der Waals surface area contributed by atoms with Gasteiger partial charge in [0.15, 0.2) is 11.5 Å². The summed E-state index contributed by atoms with van der Waals surface area (Å²) >= 11 is 6.37. The third-order valence-electron chi connectivity index (χ3n) is 3.18. The Kier molecular flexibility index (Phi) is 3.02. The molecule has 0 unspecified atom stereocenters. The molecule has 0 saturated carbocycles. The van der Waals surface area contributed by atoms with E-state index in [4.69, 9.17) is 26.2 Å². The van der Waals surface area contributed by atoms with Crippen LogP contribution in [-0.2, 0) is 6.42 Å². The van der Waals surface area contributed by atoms with Gasteiger partial charge < -0.3 is 14.6 Å². The summed E-state index contributed by atoms with van der Waals surface area (Å²) in [7, 11) is 1.54. The van der Waals surface area contributed by atoms with Crippen LogP contribution in [0.5, 0.6) is 11.5 Å². The van der Waals surface area contributed by atoms with E-state index >= 15 is 0 Å². The van der Waals surface area contributed by atoms with E-state index in [0.29, 0.717) is 40.8 Å². The van der Waals surface area contributed by atoms with Crippen LogP contribution in [0.15, 0.2) is 12.1 Å². The number of hydrogen-bond acceptors (Lipinski definition) is 4. The molecule has 0 saturated heterocycles. The summed E-state index contributed by atoms with van der Waals surface area (Å²) in [6.45, 7) is 0.551. The zero-order chi connectivity index (χ0) is 14.3. The van der Waals surface area contributed by atoms with E-state index in [0.717, 1.165) is 5.56 Å². The van der Waals surface area contributed by atoms with Crippen molar-refractivity contribution in [1.82, 2.24) is 10.2 Å². The number of fused-ring (bicyclic) bond motifs is 1. The highest BCUT2D eigenvalue weighted by Gasteiger charge is 2.25. The van der Waals surface area contributed by atoms with E-state index in [1.54, 1.807) is 13.2 Å². The third-order valence-corrected chi connectivity index (χ3v) is 3.61. The lowest BCUT2D eigenvalue weighted by Gasteiger charge is -2.11. The van der Waals surface area contributed by atoms with Gasteiger partial charge in [0.2, 0.25) is 0 Å². The number of aromatic amines is 1. The Morgan fingerprint density at radius 2 is 2.35 bits per heavy atom. The molecule has 1 aromatic carbocycles. The van der Waals surface area contributed by atoms with Crippen LogP contribution in [0.3, 0.4) is 0 Å². The average molecular weight is 295 g/mol. The topological polar surface area (TPSA) is 84.4 Å². The van der Waals surface area contributed by atoms with E-state index in [2.05, 4.69) is 10.2 Å². The zero-order valence-corrected chi connectivity index (χ0v) is 11.3. The molecular formula is C13H11ClN2O4. The molecule has 0 fully saturated rings. The van der Waals surface area contributed by atoms with Crippen LogP contribution in [0.2, 0.25) is 5.02 Å². The number of carboxylic acid groups (broad SMARTS) is 1. The molecule has 0 amide bonds. The monoisotopic (exact) mass is 294 g/mol. The van der Waals surface area contributed by atoms with Crippen LogP contribution in [-0.4, -0.2) is 35.0 Å². The summed E-state index contributed by atoms with van der Waals surface area (Å²) in [4.78, 5) is 10.9. The molecule has 1 aromatic heterocycles. The summed E-state index contributed by atoms with van der Waals surface area (Å²) in [5, 5.41) is 15.9. The SMILES string of the molecule is COc1cc(-c2cc(C(=O)O)[nH]n2)c(Cl)c2c1OCC2. The number of ether oxygens (including phenoxy) is 2. The number of benzene rings is 1. The van der Waals surface area contributed by atoms with E-state index < -0.39 is 5.97 Å². The zero-order valence-electron chi connectivity index (χ0n) is 10.6. The highest BCUT2D eigenvalue weighted by molar-refractivity contribution is 6.34. The fourth-order valence-corrected chi connectivity index (χ4v) is 2.55. The smallest absolute Gasteiger partial charge is 0.353 e. The van der Waals surface area contributed by atoms with Gasteiger partial charge in [0.25, 0.3) is 0 Å². The van der Waals surface area contributed by atoms with Crippen LogP contribution in [0.1, 0.15) is 16.1 Å². The Balaban J connectivity index is 2.16. The molecule has 6 nitrogen and oxygen atoms in total. The summed E-state index contributed by atoms with van der Waals surface area (Å²) in [5.41, 5.74) is 1.95. The summed E-state index contributed by atoms with van der Waals surface area (Å²) in [6, 6.07) is 3.14. The van der Waals surface area contributed by atoms with Gasteiger partial charge in [-0.15, -0.1) is 0 Å². The number of rotatable bonds is 3. The molecule has 3 rings (SSSR count). The number of carboxylic acids is 1. The number of hydrogen-bond donors (Lipinski definition) is 2. The van der Waals surface area contributed by atoms with Crippen LogP contribution < -0.4 is 9.47 Å². The Morgan fingerprint density at radius 1 is 1.55 bits per heavy atom. The molecule has 2 N–H and O–H groups in total. The van der Waals surface area contributed by atoms with Crippen molar-refractivity contribution in [1.29, 1.82) is 0 Å². The number of aromatic nitrogens is 2. The van der Waals surface area contributed by atoms with Gasteiger partial charge in [-0.2, -0.15) is 5.10 Å². The fraction of sp³-hybridized carbons (Fsp3) is 0.231. The minimum absolute atomic E-state index is 0.00628. The second-order valence-corrected chi connectivity index (χ2v) is 4.70. The number of nitrogens with zero attached hydrogens (tertiary/aromatic N) is 1. The van der Waals surface area contributed by atoms with Crippen LogP contribution in [0, 0.1) is 0 Å². The average Bonchev–Trinajstić information content (AvgIpc) is 3.08. The number of carbonyl (C=O) groups is 1. The molecule has 0 radical (unpaired) electrons. The van der Waals surface area contributed by atoms with Crippen LogP contribution in [0.4, 0.5) is 0 Å². The highest BCUT2D eigenvalue weighted by atomic mass is 35.5. The molecule has 2 heterocycles. The Hall–Kier alpha value is -2.21. The molecule has 20 heavy (non-hydrogen) atoms. The number of halogens is 1. The number of aromatic carboxylic acids is 1. The predicted molar refractivity (Wildman–Crippen MR) is 71.7 cm³/mol. The first kappa shape index (κ1) is 12.8. The maximum Gasteiger partial charge on any atom is 0.353 e. The van der Waals surface area contributed by atoms with Gasteiger partial charge in [-0.25, -0.2) is 4.79 Å². The van der Waals surface area contributed by atoms with Crippen LogP contribution >= 0.6 is 11.6 Å². The van der Waals surface area contributed by atoms with Crippen molar-refractivity contribution in [3.63, 3.8) is 0 Å². The first-order valence-corrected chi connectivity index (χ1v) is 6.31. The quantitative estimate of drug-likeness (QED) is 0.908. The van der Waals surface area contributed by atoms with Gasteiger partial charge >= 0.3 is 5.97 Å². The molecule has 2 aromatic rings. The van der Waals surface area contributed by atoms with Gasteiger partial charge in [-0.1, -0.05) is 11.6 Å². The lowest BCUT2D eigenvalue weighted by Crippen LogP contribution is -1.95. The summed E-state index contributed by atoms with van der Waals surface area (Å²) in [6.07, 6.45) is 0.689. The van der Waals surface area contributed by atoms with Gasteiger partial charge in [-0.05, 0) is 12.1 Å². The van der Waals surface area contributed by atoms with Crippen molar-refractivity contribution in [2.75, 3.05) is 13.7 Å². The van der Waals surface area contributed by atoms with Gasteiger partial charge in [0.1, 0.15) is 5.69 Å². The van der Waals surface area contributed by atoms with Crippen molar-refractivity contribution in [3.05, 3.63) is 28.4 Å². The van der Waals surface area contributed by atoms with Crippen molar-refractivity contribution in [3.8, 4) is 22.8 Å². The molecule has 0 bridgehead atoms. The molecule has 0 spiro atoms. The summed E-state index contributed by atoms with van der Waals surface area (Å²) < 4.78 is 10.8. The van der Waals surface area contributed by atoms with Crippen molar-refractivity contribution in [2.45, 2.75) is 6.42 Å². The number of methoxy groups -OCH3 is 1. The molecule has 104 valence electrons. The number of H-pyrrole nitrogens is 1.